The molecule has 0 aromatic heterocycles. The summed E-state index contributed by atoms with van der Waals surface area (Å²) < 4.78 is 89.5. The molecule has 1 aliphatic heterocycles. The summed E-state index contributed by atoms with van der Waals surface area (Å²) in [6.07, 6.45) is -4.49. The Morgan fingerprint density at radius 1 is 1.16 bits per heavy atom. The van der Waals surface area contributed by atoms with Gasteiger partial charge in [-0.2, -0.15) is 13.2 Å². The summed E-state index contributed by atoms with van der Waals surface area (Å²) in [5, 5.41) is 11.6. The van der Waals surface area contributed by atoms with Crippen molar-refractivity contribution in [3.63, 3.8) is 0 Å². The van der Waals surface area contributed by atoms with Crippen molar-refractivity contribution < 1.29 is 45.4 Å². The predicted molar refractivity (Wildman–Crippen MR) is 160 cm³/mol. The molecule has 0 radical (unpaired) electrons. The number of alkyl halides is 3. The number of sulfonamides is 1. The van der Waals surface area contributed by atoms with Crippen LogP contribution in [0.2, 0.25) is 5.02 Å². The first-order valence-corrected chi connectivity index (χ1v) is 15.2. The van der Waals surface area contributed by atoms with E-state index < -0.39 is 57.1 Å². The van der Waals surface area contributed by atoms with Gasteiger partial charge in [0.1, 0.15) is 17.7 Å². The number of amides is 2. The van der Waals surface area contributed by atoms with Crippen LogP contribution in [0.1, 0.15) is 30.0 Å². The third-order valence-electron chi connectivity index (χ3n) is 6.89. The van der Waals surface area contributed by atoms with Crippen molar-refractivity contribution in [3.8, 4) is 5.75 Å². The molecule has 2 N–H and O–H groups in total. The normalized spacial score (nSPS) is 15.2. The summed E-state index contributed by atoms with van der Waals surface area (Å²) in [5.41, 5.74) is -0.153. The molecule has 3 aromatic rings. The van der Waals surface area contributed by atoms with Crippen molar-refractivity contribution in [2.75, 3.05) is 31.0 Å². The fourth-order valence-corrected chi connectivity index (χ4v) is 6.47. The minimum atomic E-state index is -4.79. The quantitative estimate of drug-likeness (QED) is 0.209. The number of halogens is 5. The Morgan fingerprint density at radius 2 is 1.87 bits per heavy atom. The van der Waals surface area contributed by atoms with Gasteiger partial charge in [0.05, 0.1) is 40.7 Å². The molecule has 3 aromatic carbocycles. The smallest absolute Gasteiger partial charge is 0.416 e. The van der Waals surface area contributed by atoms with Gasteiger partial charge in [0.25, 0.3) is 10.0 Å². The molecule has 4 rings (SSSR count). The van der Waals surface area contributed by atoms with Gasteiger partial charge in [-0.25, -0.2) is 17.6 Å². The minimum absolute atomic E-state index is 0.00902. The molecule has 15 heteroatoms. The maximum Gasteiger partial charge on any atom is 0.416 e. The third-order valence-corrected chi connectivity index (χ3v) is 8.98. The number of allylic oxidation sites excluding steroid dienone is 1. The average molecular weight is 670 g/mol. The first kappa shape index (κ1) is 33.6. The third kappa shape index (κ3) is 7.87. The Balaban J connectivity index is 1.71. The molecule has 0 aliphatic carbocycles. The van der Waals surface area contributed by atoms with Crippen molar-refractivity contribution in [2.45, 2.75) is 30.5 Å². The summed E-state index contributed by atoms with van der Waals surface area (Å²) in [6, 6.07) is 11.4. The molecule has 0 saturated heterocycles. The van der Waals surface area contributed by atoms with Crippen LogP contribution < -0.4 is 14.4 Å². The van der Waals surface area contributed by atoms with Crippen molar-refractivity contribution in [1.82, 2.24) is 10.2 Å². The van der Waals surface area contributed by atoms with Crippen LogP contribution >= 0.6 is 11.6 Å². The fraction of sp³-hybridized carbons (Fsp3) is 0.267. The molecule has 0 bridgehead atoms. The van der Waals surface area contributed by atoms with Gasteiger partial charge in [-0.1, -0.05) is 35.9 Å². The molecule has 45 heavy (non-hydrogen) atoms. The summed E-state index contributed by atoms with van der Waals surface area (Å²) in [6.45, 7) is 0.926. The van der Waals surface area contributed by atoms with Crippen LogP contribution in [0, 0.1) is 5.82 Å². The first-order chi connectivity index (χ1) is 21.1. The zero-order chi connectivity index (χ0) is 33.1. The van der Waals surface area contributed by atoms with E-state index in [2.05, 4.69) is 5.32 Å². The molecular formula is C30H28ClF4N3O6S. The monoisotopic (exact) mass is 669 g/mol. The molecule has 2 amide bonds. The van der Waals surface area contributed by atoms with Gasteiger partial charge in [-0.3, -0.25) is 9.10 Å². The van der Waals surface area contributed by atoms with E-state index in [-0.39, 0.29) is 41.5 Å². The van der Waals surface area contributed by atoms with E-state index in [4.69, 9.17) is 21.4 Å². The number of carboxylic acid groups (broad SMARTS) is 1. The highest BCUT2D eigenvalue weighted by molar-refractivity contribution is 7.92. The van der Waals surface area contributed by atoms with E-state index in [1.807, 2.05) is 0 Å². The molecule has 0 saturated carbocycles. The Labute approximate surface area is 261 Å². The van der Waals surface area contributed by atoms with Gasteiger partial charge >= 0.3 is 18.2 Å². The number of rotatable bonds is 9. The topological polar surface area (TPSA) is 116 Å². The maximum atomic E-state index is 14.5. The molecule has 1 heterocycles. The second-order valence-electron chi connectivity index (χ2n) is 10.2. The maximum absolute atomic E-state index is 14.5. The van der Waals surface area contributed by atoms with Gasteiger partial charge < -0.3 is 20.1 Å². The van der Waals surface area contributed by atoms with Crippen LogP contribution in [0.3, 0.4) is 0 Å². The standard InChI is InChI=1S/C30H28ClF4N3O6S/c1-18(28-23(31)7-4-8-24(28)32)13-19-9-10-26-25(14-19)38(45(42,43)22-6-3-5-20(15-22)30(33,34)35)17-21(44-26)16-36-29(41)37(2)12-11-27(39)40/h3-10,13-15,21H,11-12,16-17H2,1-2H3,(H,36,41)(H,39,40)/b18-13+/t21-/m0/s1. The first-order valence-electron chi connectivity index (χ1n) is 13.4. The van der Waals surface area contributed by atoms with Crippen LogP contribution in [-0.2, 0) is 21.0 Å². The lowest BCUT2D eigenvalue weighted by molar-refractivity contribution is -0.138. The Morgan fingerprint density at radius 3 is 2.53 bits per heavy atom. The molecule has 0 fully saturated rings. The summed E-state index contributed by atoms with van der Waals surface area (Å²) in [4.78, 5) is 23.8. The largest absolute Gasteiger partial charge is 0.484 e. The zero-order valence-electron chi connectivity index (χ0n) is 23.9. The van der Waals surface area contributed by atoms with E-state index in [1.54, 1.807) is 19.1 Å². The fourth-order valence-electron chi connectivity index (χ4n) is 4.61. The molecule has 9 nitrogen and oxygen atoms in total. The van der Waals surface area contributed by atoms with Crippen LogP contribution in [0.4, 0.5) is 28.0 Å². The van der Waals surface area contributed by atoms with Crippen molar-refractivity contribution in [3.05, 3.63) is 88.2 Å². The molecule has 0 spiro atoms. The number of benzene rings is 3. The lowest BCUT2D eigenvalue weighted by Gasteiger charge is -2.36. The van der Waals surface area contributed by atoms with Gasteiger partial charge in [0.2, 0.25) is 0 Å². The highest BCUT2D eigenvalue weighted by Crippen LogP contribution is 2.40. The number of carbonyl (C=O) groups excluding carboxylic acids is 1. The number of ether oxygens (including phenoxy) is 1. The van der Waals surface area contributed by atoms with Gasteiger partial charge in [-0.05, 0) is 60.5 Å². The van der Waals surface area contributed by atoms with Crippen LogP contribution in [0.25, 0.3) is 11.6 Å². The number of carboxylic acids is 1. The van der Waals surface area contributed by atoms with E-state index in [9.17, 15) is 35.6 Å². The van der Waals surface area contributed by atoms with Crippen molar-refractivity contribution >= 4 is 51.0 Å². The molecule has 240 valence electrons. The van der Waals surface area contributed by atoms with Gasteiger partial charge in [-0.15, -0.1) is 0 Å². The number of aliphatic carboxylic acids is 1. The van der Waals surface area contributed by atoms with E-state index in [1.165, 1.54) is 37.4 Å². The molecule has 1 aliphatic rings. The zero-order valence-corrected chi connectivity index (χ0v) is 25.5. The lowest BCUT2D eigenvalue weighted by atomic mass is 10.0. The number of nitrogens with one attached hydrogen (secondary N) is 1. The van der Waals surface area contributed by atoms with E-state index >= 15 is 0 Å². The van der Waals surface area contributed by atoms with Crippen molar-refractivity contribution in [1.29, 1.82) is 0 Å². The SMILES string of the molecule is C/C(=C\c1ccc2c(c1)N(S(=O)(=O)c1cccc(C(F)(F)F)c1)C[C@H](CNC(=O)N(C)CCC(=O)O)O2)c1c(F)cccc1Cl. The van der Waals surface area contributed by atoms with Crippen LogP contribution in [0.15, 0.2) is 65.6 Å². The predicted octanol–water partition coefficient (Wildman–Crippen LogP) is 6.13. The van der Waals surface area contributed by atoms with Gasteiger partial charge in [0.15, 0.2) is 0 Å². The molecule has 0 unspecified atom stereocenters. The summed E-state index contributed by atoms with van der Waals surface area (Å²) >= 11 is 6.19. The second kappa shape index (κ2) is 13.4. The minimum Gasteiger partial charge on any atom is -0.484 e. The summed E-state index contributed by atoms with van der Waals surface area (Å²) in [7, 11) is -3.23. The number of anilines is 1. The Kier molecular flexibility index (Phi) is 9.98. The van der Waals surface area contributed by atoms with Gasteiger partial charge in [0, 0.05) is 19.2 Å². The van der Waals surface area contributed by atoms with E-state index in [0.717, 1.165) is 27.4 Å². The highest BCUT2D eigenvalue weighted by atomic mass is 35.5. The van der Waals surface area contributed by atoms with Crippen molar-refractivity contribution in [2.24, 2.45) is 0 Å². The van der Waals surface area contributed by atoms with E-state index in [0.29, 0.717) is 17.2 Å². The Bertz CT molecular complexity index is 1730. The molecular weight excluding hydrogens is 642 g/mol. The number of carbonyl (C=O) groups is 2. The van der Waals surface area contributed by atoms with Crippen LogP contribution in [-0.4, -0.2) is 63.2 Å². The average Bonchev–Trinajstić information content (AvgIpc) is 2.97. The van der Waals surface area contributed by atoms with Crippen LogP contribution in [0.5, 0.6) is 5.75 Å². The lowest BCUT2D eigenvalue weighted by Crippen LogP contribution is -2.50. The number of hydrogen-bond acceptors (Lipinski definition) is 5. The highest BCUT2D eigenvalue weighted by Gasteiger charge is 2.37. The molecule has 1 atom stereocenters. The second-order valence-corrected chi connectivity index (χ2v) is 12.5. The number of fused-ring (bicyclic) bond motifs is 1. The number of nitrogens with zero attached hydrogens (tertiary/aromatic N) is 2. The Hall–Kier alpha value is -4.30. The number of urea groups is 1. The summed E-state index contributed by atoms with van der Waals surface area (Å²) in [5.74, 6) is -1.60. The number of hydrogen-bond donors (Lipinski definition) is 2.